The Labute approximate surface area is 188 Å². The highest BCUT2D eigenvalue weighted by atomic mass is 16.5. The highest BCUT2D eigenvalue weighted by molar-refractivity contribution is 6.13. The molecule has 6 rings (SSSR count). The highest BCUT2D eigenvalue weighted by Crippen LogP contribution is 2.52. The van der Waals surface area contributed by atoms with Gasteiger partial charge in [0, 0.05) is 27.6 Å². The third kappa shape index (κ3) is 2.52. The van der Waals surface area contributed by atoms with Crippen molar-refractivity contribution in [3.63, 3.8) is 0 Å². The number of hydrogen-bond donors (Lipinski definition) is 0. The predicted molar refractivity (Wildman–Crippen MR) is 134 cm³/mol. The molecule has 1 aliphatic heterocycles. The molecule has 1 nitrogen and oxygen atoms in total. The second-order valence-electron chi connectivity index (χ2n) is 8.27. The van der Waals surface area contributed by atoms with E-state index in [0.29, 0.717) is 0 Å². The van der Waals surface area contributed by atoms with Gasteiger partial charge in [-0.25, -0.2) is 0 Å². The average molecular weight is 411 g/mol. The number of fused-ring (bicyclic) bond motifs is 6. The summed E-state index contributed by atoms with van der Waals surface area (Å²) in [6.45, 7) is 8.39. The van der Waals surface area contributed by atoms with E-state index in [0.717, 1.165) is 49.9 Å². The second kappa shape index (κ2) is 6.96. The number of ether oxygens (including phenoxy) is 1. The standard InChI is InChI=1S/C31H22O/c1-3-22-20-21(2)28-27-18-19-31(23-12-6-4-7-13-23,24-14-8-5-9-15-24)32-30(27)26-17-11-10-16-25(26)29(22)28/h3-20H,1-2H2. The third-order valence-electron chi connectivity index (χ3n) is 6.52. The van der Waals surface area contributed by atoms with E-state index < -0.39 is 5.60 Å². The van der Waals surface area contributed by atoms with E-state index in [1.54, 1.807) is 0 Å². The maximum atomic E-state index is 7.07. The molecule has 1 heterocycles. The van der Waals surface area contributed by atoms with E-state index in [-0.39, 0.29) is 0 Å². The number of allylic oxidation sites excluding steroid dienone is 4. The van der Waals surface area contributed by atoms with E-state index in [9.17, 15) is 0 Å². The molecule has 0 spiro atoms. The molecule has 152 valence electrons. The summed E-state index contributed by atoms with van der Waals surface area (Å²) >= 11 is 0. The highest BCUT2D eigenvalue weighted by Gasteiger charge is 2.39. The Kier molecular flexibility index (Phi) is 4.06. The van der Waals surface area contributed by atoms with Crippen LogP contribution in [0, 0.1) is 0 Å². The van der Waals surface area contributed by atoms with Crippen LogP contribution in [0.4, 0.5) is 0 Å². The van der Waals surface area contributed by atoms with Gasteiger partial charge in [-0.2, -0.15) is 0 Å². The van der Waals surface area contributed by atoms with Gasteiger partial charge in [0.05, 0.1) is 0 Å². The molecular formula is C31H22O. The smallest absolute Gasteiger partial charge is 0.178 e. The van der Waals surface area contributed by atoms with Crippen LogP contribution >= 0.6 is 0 Å². The lowest BCUT2D eigenvalue weighted by Gasteiger charge is -2.37. The molecule has 0 atom stereocenters. The van der Waals surface area contributed by atoms with Crippen molar-refractivity contribution in [3.05, 3.63) is 144 Å². The fraction of sp³-hybridized carbons (Fsp3) is 0.0323. The maximum absolute atomic E-state index is 7.07. The molecule has 0 saturated heterocycles. The molecule has 0 bridgehead atoms. The summed E-state index contributed by atoms with van der Waals surface area (Å²) in [6.07, 6.45) is 8.44. The van der Waals surface area contributed by atoms with Crippen LogP contribution in [0.15, 0.2) is 116 Å². The lowest BCUT2D eigenvalue weighted by atomic mass is 9.81. The zero-order chi connectivity index (χ0) is 21.7. The summed E-state index contributed by atoms with van der Waals surface area (Å²) in [5.74, 6) is 0.898. The predicted octanol–water partition coefficient (Wildman–Crippen LogP) is 7.79. The lowest BCUT2D eigenvalue weighted by molar-refractivity contribution is 0.163. The van der Waals surface area contributed by atoms with E-state index in [1.165, 1.54) is 5.56 Å². The van der Waals surface area contributed by atoms with E-state index >= 15 is 0 Å². The van der Waals surface area contributed by atoms with Crippen molar-refractivity contribution in [1.82, 2.24) is 0 Å². The summed E-state index contributed by atoms with van der Waals surface area (Å²) in [7, 11) is 0. The third-order valence-corrected chi connectivity index (χ3v) is 6.52. The van der Waals surface area contributed by atoms with Crippen LogP contribution in [0.2, 0.25) is 0 Å². The quantitative estimate of drug-likeness (QED) is 0.335. The Morgan fingerprint density at radius 2 is 1.31 bits per heavy atom. The van der Waals surface area contributed by atoms with Crippen molar-refractivity contribution in [2.75, 3.05) is 0 Å². The fourth-order valence-corrected chi connectivity index (χ4v) is 5.07. The largest absolute Gasteiger partial charge is 0.472 e. The van der Waals surface area contributed by atoms with Crippen molar-refractivity contribution in [1.29, 1.82) is 0 Å². The topological polar surface area (TPSA) is 9.23 Å². The fourth-order valence-electron chi connectivity index (χ4n) is 5.07. The second-order valence-corrected chi connectivity index (χ2v) is 8.27. The molecule has 32 heavy (non-hydrogen) atoms. The van der Waals surface area contributed by atoms with Crippen LogP contribution in [-0.4, -0.2) is 0 Å². The first-order chi connectivity index (χ1) is 15.7. The van der Waals surface area contributed by atoms with Crippen molar-refractivity contribution in [3.8, 4) is 5.75 Å². The van der Waals surface area contributed by atoms with Crippen LogP contribution in [0.25, 0.3) is 28.0 Å². The molecular weight excluding hydrogens is 388 g/mol. The molecule has 0 fully saturated rings. The van der Waals surface area contributed by atoms with Crippen LogP contribution in [0.1, 0.15) is 27.8 Å². The number of benzene rings is 4. The van der Waals surface area contributed by atoms with Crippen molar-refractivity contribution in [2.45, 2.75) is 5.60 Å². The molecule has 4 aromatic rings. The zero-order valence-corrected chi connectivity index (χ0v) is 17.7. The molecule has 0 aromatic heterocycles. The van der Waals surface area contributed by atoms with Crippen molar-refractivity contribution >= 4 is 28.0 Å². The minimum absolute atomic E-state index is 0.707. The lowest BCUT2D eigenvalue weighted by Crippen LogP contribution is -2.34. The van der Waals surface area contributed by atoms with E-state index in [4.69, 9.17) is 4.74 Å². The minimum atomic E-state index is -0.707. The van der Waals surface area contributed by atoms with Gasteiger partial charge in [0.25, 0.3) is 0 Å². The van der Waals surface area contributed by atoms with Gasteiger partial charge in [-0.1, -0.05) is 104 Å². The monoisotopic (exact) mass is 410 g/mol. The number of rotatable bonds is 3. The molecule has 0 amide bonds. The van der Waals surface area contributed by atoms with Gasteiger partial charge >= 0.3 is 0 Å². The Hall–Kier alpha value is -4.10. The van der Waals surface area contributed by atoms with Gasteiger partial charge in [0.1, 0.15) is 5.75 Å². The van der Waals surface area contributed by atoms with Crippen molar-refractivity contribution in [2.24, 2.45) is 0 Å². The normalized spacial score (nSPS) is 15.6. The molecule has 0 radical (unpaired) electrons. The molecule has 0 unspecified atom stereocenters. The van der Waals surface area contributed by atoms with Gasteiger partial charge in [0.2, 0.25) is 0 Å². The zero-order valence-electron chi connectivity index (χ0n) is 17.7. The Balaban J connectivity index is 1.69. The first kappa shape index (κ1) is 18.7. The van der Waals surface area contributed by atoms with E-state index in [1.807, 2.05) is 18.2 Å². The minimum Gasteiger partial charge on any atom is -0.472 e. The summed E-state index contributed by atoms with van der Waals surface area (Å²) < 4.78 is 7.07. The van der Waals surface area contributed by atoms with Crippen LogP contribution in [0.5, 0.6) is 5.75 Å². The Morgan fingerprint density at radius 1 is 0.719 bits per heavy atom. The first-order valence-electron chi connectivity index (χ1n) is 10.8. The van der Waals surface area contributed by atoms with Gasteiger partial charge < -0.3 is 4.74 Å². The maximum Gasteiger partial charge on any atom is 0.178 e. The van der Waals surface area contributed by atoms with Crippen LogP contribution in [-0.2, 0) is 5.60 Å². The van der Waals surface area contributed by atoms with Crippen LogP contribution in [0.3, 0.4) is 0 Å². The average Bonchev–Trinajstić information content (AvgIpc) is 3.21. The Bertz CT molecular complexity index is 1410. The van der Waals surface area contributed by atoms with Gasteiger partial charge in [-0.05, 0) is 40.3 Å². The van der Waals surface area contributed by atoms with E-state index in [2.05, 4.69) is 104 Å². The van der Waals surface area contributed by atoms with Crippen molar-refractivity contribution < 1.29 is 4.74 Å². The SMILES string of the molecule is C=CC1=CC(=C)c2c3c(c4ccccc4c21)OC(c1ccccc1)(c1ccccc1)C=C3. The molecule has 4 aromatic carbocycles. The summed E-state index contributed by atoms with van der Waals surface area (Å²) in [5, 5.41) is 2.26. The molecule has 1 aliphatic carbocycles. The molecule has 0 saturated carbocycles. The summed E-state index contributed by atoms with van der Waals surface area (Å²) in [5.41, 5.74) is 7.01. The summed E-state index contributed by atoms with van der Waals surface area (Å²) in [4.78, 5) is 0. The summed E-state index contributed by atoms with van der Waals surface area (Å²) in [6, 6.07) is 29.3. The van der Waals surface area contributed by atoms with Gasteiger partial charge in [-0.15, -0.1) is 0 Å². The molecule has 1 heteroatoms. The van der Waals surface area contributed by atoms with Crippen LogP contribution < -0.4 is 4.74 Å². The van der Waals surface area contributed by atoms with Gasteiger partial charge in [0.15, 0.2) is 5.60 Å². The molecule has 2 aliphatic rings. The van der Waals surface area contributed by atoms with Gasteiger partial charge in [-0.3, -0.25) is 0 Å². The first-order valence-corrected chi connectivity index (χ1v) is 10.8. The number of hydrogen-bond acceptors (Lipinski definition) is 1. The Morgan fingerprint density at radius 3 is 1.94 bits per heavy atom. The molecule has 0 N–H and O–H groups in total.